The standard InChI is InChI=1S/C7H10F3NO/c1-3-4-11-6(12)5(2)7(8,9)10/h3,5H,1,4H2,2H3,(H,11,12). The molecule has 0 radical (unpaired) electrons. The fraction of sp³-hybridized carbons (Fsp3) is 0.571. The Morgan fingerprint density at radius 1 is 1.67 bits per heavy atom. The lowest BCUT2D eigenvalue weighted by molar-refractivity contribution is -0.178. The van der Waals surface area contributed by atoms with E-state index >= 15 is 0 Å². The Bertz CT molecular complexity index is 176. The number of carbonyl (C=O) groups excluding carboxylic acids is 1. The Morgan fingerprint density at radius 3 is 2.50 bits per heavy atom. The van der Waals surface area contributed by atoms with Crippen LogP contribution in [0.5, 0.6) is 0 Å². The Labute approximate surface area is 68.4 Å². The van der Waals surface area contributed by atoms with E-state index in [-0.39, 0.29) is 6.54 Å². The molecule has 1 N–H and O–H groups in total. The van der Waals surface area contributed by atoms with Crippen LogP contribution < -0.4 is 5.32 Å². The summed E-state index contributed by atoms with van der Waals surface area (Å²) in [7, 11) is 0. The summed E-state index contributed by atoms with van der Waals surface area (Å²) in [6.45, 7) is 4.13. The first-order valence-electron chi connectivity index (χ1n) is 3.35. The van der Waals surface area contributed by atoms with Gasteiger partial charge < -0.3 is 5.32 Å². The van der Waals surface area contributed by atoms with E-state index in [1.54, 1.807) is 0 Å². The fourth-order valence-electron chi connectivity index (χ4n) is 0.475. The van der Waals surface area contributed by atoms with E-state index in [1.807, 2.05) is 0 Å². The van der Waals surface area contributed by atoms with Gasteiger partial charge in [-0.25, -0.2) is 0 Å². The fourth-order valence-corrected chi connectivity index (χ4v) is 0.475. The maximum Gasteiger partial charge on any atom is 0.400 e. The number of halogens is 3. The van der Waals surface area contributed by atoms with Crippen LogP contribution in [-0.4, -0.2) is 18.6 Å². The molecule has 0 aliphatic heterocycles. The van der Waals surface area contributed by atoms with Crippen LogP contribution in [0.4, 0.5) is 13.2 Å². The average molecular weight is 181 g/mol. The van der Waals surface area contributed by atoms with Crippen LogP contribution in [0.25, 0.3) is 0 Å². The molecule has 1 unspecified atom stereocenters. The lowest BCUT2D eigenvalue weighted by atomic mass is 10.1. The van der Waals surface area contributed by atoms with E-state index in [2.05, 4.69) is 11.9 Å². The normalized spacial score (nSPS) is 13.7. The van der Waals surface area contributed by atoms with Gasteiger partial charge in [-0.05, 0) is 6.92 Å². The summed E-state index contributed by atoms with van der Waals surface area (Å²) >= 11 is 0. The Kier molecular flexibility index (Phi) is 3.79. The number of rotatable bonds is 3. The molecule has 0 bridgehead atoms. The van der Waals surface area contributed by atoms with Crippen molar-refractivity contribution in [3.63, 3.8) is 0 Å². The summed E-state index contributed by atoms with van der Waals surface area (Å²) < 4.78 is 35.5. The summed E-state index contributed by atoms with van der Waals surface area (Å²) in [5, 5.41) is 2.06. The lowest BCUT2D eigenvalue weighted by Crippen LogP contribution is -2.37. The van der Waals surface area contributed by atoms with Crippen LogP contribution in [0, 0.1) is 5.92 Å². The third kappa shape index (κ3) is 3.41. The highest BCUT2D eigenvalue weighted by Gasteiger charge is 2.40. The van der Waals surface area contributed by atoms with E-state index in [1.165, 1.54) is 6.08 Å². The highest BCUT2D eigenvalue weighted by Crippen LogP contribution is 2.25. The minimum absolute atomic E-state index is 0.0548. The smallest absolute Gasteiger partial charge is 0.352 e. The summed E-state index contributed by atoms with van der Waals surface area (Å²) in [5.41, 5.74) is 0. The Morgan fingerprint density at radius 2 is 2.17 bits per heavy atom. The molecule has 70 valence electrons. The summed E-state index contributed by atoms with van der Waals surface area (Å²) in [5.74, 6) is -2.99. The van der Waals surface area contributed by atoms with Crippen molar-refractivity contribution < 1.29 is 18.0 Å². The maximum absolute atomic E-state index is 11.8. The third-order valence-electron chi connectivity index (χ3n) is 1.30. The molecule has 0 fully saturated rings. The zero-order valence-corrected chi connectivity index (χ0v) is 6.61. The van der Waals surface area contributed by atoms with Gasteiger partial charge in [-0.2, -0.15) is 13.2 Å². The molecule has 0 aliphatic rings. The topological polar surface area (TPSA) is 29.1 Å². The Balaban J connectivity index is 4.02. The van der Waals surface area contributed by atoms with Gasteiger partial charge in [-0.1, -0.05) is 6.08 Å². The van der Waals surface area contributed by atoms with Crippen molar-refractivity contribution in [1.29, 1.82) is 0 Å². The maximum atomic E-state index is 11.8. The van der Waals surface area contributed by atoms with Crippen LogP contribution in [-0.2, 0) is 4.79 Å². The molecule has 0 aromatic rings. The predicted octanol–water partition coefficient (Wildman–Crippen LogP) is 1.49. The first kappa shape index (κ1) is 11.0. The molecule has 0 aromatic carbocycles. The third-order valence-corrected chi connectivity index (χ3v) is 1.30. The molecule has 0 rings (SSSR count). The van der Waals surface area contributed by atoms with Crippen LogP contribution in [0.15, 0.2) is 12.7 Å². The predicted molar refractivity (Wildman–Crippen MR) is 38.4 cm³/mol. The second-order valence-corrected chi connectivity index (χ2v) is 2.30. The van der Waals surface area contributed by atoms with Gasteiger partial charge in [0.2, 0.25) is 5.91 Å². The molecule has 0 saturated carbocycles. The van der Waals surface area contributed by atoms with Gasteiger partial charge >= 0.3 is 6.18 Å². The van der Waals surface area contributed by atoms with Gasteiger partial charge in [-0.3, -0.25) is 4.79 Å². The second kappa shape index (κ2) is 4.13. The monoisotopic (exact) mass is 181 g/mol. The van der Waals surface area contributed by atoms with Gasteiger partial charge in [0.1, 0.15) is 5.92 Å². The van der Waals surface area contributed by atoms with Gasteiger partial charge in [0, 0.05) is 6.54 Å². The second-order valence-electron chi connectivity index (χ2n) is 2.30. The quantitative estimate of drug-likeness (QED) is 0.656. The van der Waals surface area contributed by atoms with Crippen molar-refractivity contribution in [2.24, 2.45) is 5.92 Å². The zero-order chi connectivity index (χ0) is 9.78. The minimum Gasteiger partial charge on any atom is -0.352 e. The summed E-state index contributed by atoms with van der Waals surface area (Å²) in [6.07, 6.45) is -3.15. The average Bonchev–Trinajstić information content (AvgIpc) is 1.97. The molecule has 0 heterocycles. The largest absolute Gasteiger partial charge is 0.400 e. The van der Waals surface area contributed by atoms with E-state index < -0.39 is 18.0 Å². The van der Waals surface area contributed by atoms with Crippen molar-refractivity contribution in [3.8, 4) is 0 Å². The van der Waals surface area contributed by atoms with Crippen LogP contribution >= 0.6 is 0 Å². The van der Waals surface area contributed by atoms with Crippen LogP contribution in [0.3, 0.4) is 0 Å². The number of hydrogen-bond donors (Lipinski definition) is 1. The summed E-state index contributed by atoms with van der Waals surface area (Å²) in [6, 6.07) is 0. The first-order chi connectivity index (χ1) is 5.39. The minimum atomic E-state index is -4.47. The lowest BCUT2D eigenvalue weighted by Gasteiger charge is -2.14. The van der Waals surface area contributed by atoms with Crippen molar-refractivity contribution in [1.82, 2.24) is 5.32 Å². The molecule has 0 saturated heterocycles. The molecule has 1 amide bonds. The van der Waals surface area contributed by atoms with E-state index in [0.717, 1.165) is 6.92 Å². The van der Waals surface area contributed by atoms with E-state index in [0.29, 0.717) is 0 Å². The molecular formula is C7H10F3NO. The van der Waals surface area contributed by atoms with Gasteiger partial charge in [0.25, 0.3) is 0 Å². The summed E-state index contributed by atoms with van der Waals surface area (Å²) in [4.78, 5) is 10.7. The molecule has 1 atom stereocenters. The van der Waals surface area contributed by atoms with Crippen LogP contribution in [0.2, 0.25) is 0 Å². The number of alkyl halides is 3. The van der Waals surface area contributed by atoms with Crippen molar-refractivity contribution in [2.45, 2.75) is 13.1 Å². The number of hydrogen-bond acceptors (Lipinski definition) is 1. The molecule has 12 heavy (non-hydrogen) atoms. The first-order valence-corrected chi connectivity index (χ1v) is 3.35. The molecule has 0 aromatic heterocycles. The van der Waals surface area contributed by atoms with E-state index in [4.69, 9.17) is 0 Å². The molecule has 0 spiro atoms. The van der Waals surface area contributed by atoms with E-state index in [9.17, 15) is 18.0 Å². The van der Waals surface area contributed by atoms with Crippen molar-refractivity contribution in [2.75, 3.05) is 6.54 Å². The molecule has 2 nitrogen and oxygen atoms in total. The number of carbonyl (C=O) groups is 1. The van der Waals surface area contributed by atoms with Gasteiger partial charge in [-0.15, -0.1) is 6.58 Å². The SMILES string of the molecule is C=CCNC(=O)C(C)C(F)(F)F. The highest BCUT2D eigenvalue weighted by atomic mass is 19.4. The highest BCUT2D eigenvalue weighted by molar-refractivity contribution is 5.79. The number of nitrogens with one attached hydrogen (secondary N) is 1. The molecule has 5 heteroatoms. The Hall–Kier alpha value is -1.00. The zero-order valence-electron chi connectivity index (χ0n) is 6.61. The van der Waals surface area contributed by atoms with Crippen LogP contribution in [0.1, 0.15) is 6.92 Å². The van der Waals surface area contributed by atoms with Gasteiger partial charge in [0.05, 0.1) is 0 Å². The molecular weight excluding hydrogens is 171 g/mol. The van der Waals surface area contributed by atoms with Crippen molar-refractivity contribution in [3.05, 3.63) is 12.7 Å². The number of amides is 1. The van der Waals surface area contributed by atoms with Crippen molar-refractivity contribution >= 4 is 5.91 Å². The molecule has 0 aliphatic carbocycles. The van der Waals surface area contributed by atoms with Gasteiger partial charge in [0.15, 0.2) is 0 Å².